The summed E-state index contributed by atoms with van der Waals surface area (Å²) < 4.78 is 1.83. The molecule has 1 fully saturated rings. The molecule has 0 unspecified atom stereocenters. The van der Waals surface area contributed by atoms with Gasteiger partial charge in [0.15, 0.2) is 5.69 Å². The van der Waals surface area contributed by atoms with E-state index in [4.69, 9.17) is 0 Å². The lowest BCUT2D eigenvalue weighted by atomic mass is 9.91. The molecule has 164 valence electrons. The van der Waals surface area contributed by atoms with Gasteiger partial charge in [-0.05, 0) is 59.4 Å². The average molecular weight is 417 g/mol. The number of aromatic nitrogens is 2. The molecule has 2 atom stereocenters. The van der Waals surface area contributed by atoms with E-state index in [1.807, 2.05) is 42.8 Å². The van der Waals surface area contributed by atoms with Crippen LogP contribution in [0.25, 0.3) is 10.9 Å². The third-order valence-electron chi connectivity index (χ3n) is 5.69. The smallest absolute Gasteiger partial charge is 0.407 e. The van der Waals surface area contributed by atoms with E-state index < -0.39 is 11.7 Å². The molecule has 1 aromatic heterocycles. The van der Waals surface area contributed by atoms with Crippen molar-refractivity contribution in [3.05, 3.63) is 30.0 Å². The van der Waals surface area contributed by atoms with Crippen LogP contribution in [0.15, 0.2) is 24.3 Å². The molecule has 2 amide bonds. The van der Waals surface area contributed by atoms with E-state index in [9.17, 15) is 19.8 Å². The van der Waals surface area contributed by atoms with E-state index in [1.54, 1.807) is 13.8 Å². The molecule has 8 heteroatoms. The summed E-state index contributed by atoms with van der Waals surface area (Å²) in [6, 6.07) is 7.32. The summed E-state index contributed by atoms with van der Waals surface area (Å²) in [7, 11) is 0. The Hall–Kier alpha value is -2.61. The SMILES string of the molecule is CC(C)n1nc(C(=O)N[C@H]2CC[C@@H](CCC(C)(C)O)N(C(=O)O)C2)c2ccccc21. The Labute approximate surface area is 176 Å². The van der Waals surface area contributed by atoms with E-state index in [-0.39, 0.29) is 30.6 Å². The molecule has 0 spiro atoms. The number of fused-ring (bicyclic) bond motifs is 1. The predicted molar refractivity (Wildman–Crippen MR) is 115 cm³/mol. The molecule has 0 aliphatic carbocycles. The molecular formula is C22H32N4O4. The van der Waals surface area contributed by atoms with Crippen molar-refractivity contribution in [1.29, 1.82) is 0 Å². The molecule has 1 saturated heterocycles. The van der Waals surface area contributed by atoms with Crippen molar-refractivity contribution in [3.63, 3.8) is 0 Å². The molecular weight excluding hydrogens is 384 g/mol. The van der Waals surface area contributed by atoms with E-state index in [1.165, 1.54) is 4.90 Å². The molecule has 0 saturated carbocycles. The second kappa shape index (κ2) is 8.63. The topological polar surface area (TPSA) is 108 Å². The van der Waals surface area contributed by atoms with Crippen LogP contribution in [0.5, 0.6) is 0 Å². The van der Waals surface area contributed by atoms with Crippen molar-refractivity contribution in [3.8, 4) is 0 Å². The van der Waals surface area contributed by atoms with Crippen molar-refractivity contribution in [2.75, 3.05) is 6.54 Å². The number of likely N-dealkylation sites (tertiary alicyclic amines) is 1. The number of nitrogens with one attached hydrogen (secondary N) is 1. The minimum absolute atomic E-state index is 0.116. The number of carboxylic acid groups (broad SMARTS) is 1. The molecule has 0 radical (unpaired) electrons. The fraction of sp³-hybridized carbons (Fsp3) is 0.591. The van der Waals surface area contributed by atoms with Gasteiger partial charge in [-0.15, -0.1) is 0 Å². The molecule has 1 aliphatic heterocycles. The van der Waals surface area contributed by atoms with Gasteiger partial charge in [-0.1, -0.05) is 18.2 Å². The van der Waals surface area contributed by atoms with E-state index in [0.29, 0.717) is 31.4 Å². The van der Waals surface area contributed by atoms with Crippen LogP contribution in [0, 0.1) is 0 Å². The second-order valence-corrected chi connectivity index (χ2v) is 9.09. The zero-order valence-corrected chi connectivity index (χ0v) is 18.1. The summed E-state index contributed by atoms with van der Waals surface area (Å²) in [5.74, 6) is -0.282. The van der Waals surface area contributed by atoms with Crippen LogP contribution < -0.4 is 5.32 Å². The first-order chi connectivity index (χ1) is 14.1. The van der Waals surface area contributed by atoms with Gasteiger partial charge < -0.3 is 20.4 Å². The number of aliphatic hydroxyl groups is 1. The number of benzene rings is 1. The number of para-hydroxylation sites is 1. The summed E-state index contributed by atoms with van der Waals surface area (Å²) in [4.78, 5) is 26.2. The first-order valence-corrected chi connectivity index (χ1v) is 10.6. The molecule has 3 N–H and O–H groups in total. The van der Waals surface area contributed by atoms with Crippen LogP contribution in [0.4, 0.5) is 4.79 Å². The molecule has 3 rings (SSSR count). The van der Waals surface area contributed by atoms with E-state index in [2.05, 4.69) is 10.4 Å². The highest BCUT2D eigenvalue weighted by molar-refractivity contribution is 6.05. The summed E-state index contributed by atoms with van der Waals surface area (Å²) in [5, 5.41) is 27.9. The maximum absolute atomic E-state index is 13.0. The van der Waals surface area contributed by atoms with Crippen molar-refractivity contribution in [2.24, 2.45) is 0 Å². The molecule has 1 aromatic carbocycles. The number of piperidine rings is 1. The van der Waals surface area contributed by atoms with Gasteiger partial charge in [-0.3, -0.25) is 9.48 Å². The Morgan fingerprint density at radius 3 is 2.60 bits per heavy atom. The molecule has 1 aliphatic rings. The van der Waals surface area contributed by atoms with Crippen molar-refractivity contribution < 1.29 is 19.8 Å². The van der Waals surface area contributed by atoms with Gasteiger partial charge in [0, 0.05) is 30.1 Å². The zero-order valence-electron chi connectivity index (χ0n) is 18.1. The Balaban J connectivity index is 1.72. The normalized spacial score (nSPS) is 20.0. The van der Waals surface area contributed by atoms with Gasteiger partial charge in [-0.2, -0.15) is 5.10 Å². The van der Waals surface area contributed by atoms with Crippen LogP contribution in [0.2, 0.25) is 0 Å². The highest BCUT2D eigenvalue weighted by atomic mass is 16.4. The lowest BCUT2D eigenvalue weighted by Gasteiger charge is -2.39. The quantitative estimate of drug-likeness (QED) is 0.669. The number of rotatable bonds is 6. The molecule has 2 heterocycles. The Kier molecular flexibility index (Phi) is 6.36. The van der Waals surface area contributed by atoms with Gasteiger partial charge in [0.1, 0.15) is 0 Å². The Bertz CT molecular complexity index is 915. The number of carbonyl (C=O) groups is 2. The molecule has 8 nitrogen and oxygen atoms in total. The van der Waals surface area contributed by atoms with Gasteiger partial charge in [-0.25, -0.2) is 4.79 Å². The summed E-state index contributed by atoms with van der Waals surface area (Å²) in [5.41, 5.74) is 0.441. The fourth-order valence-corrected chi connectivity index (χ4v) is 4.10. The second-order valence-electron chi connectivity index (χ2n) is 9.09. The van der Waals surface area contributed by atoms with Gasteiger partial charge in [0.2, 0.25) is 0 Å². The third kappa shape index (κ3) is 4.92. The number of amides is 2. The summed E-state index contributed by atoms with van der Waals surface area (Å²) in [6.45, 7) is 7.72. The zero-order chi connectivity index (χ0) is 22.1. The minimum Gasteiger partial charge on any atom is -0.465 e. The highest BCUT2D eigenvalue weighted by Gasteiger charge is 2.33. The van der Waals surface area contributed by atoms with Crippen LogP contribution in [0.1, 0.15) is 69.9 Å². The van der Waals surface area contributed by atoms with Gasteiger partial charge in [0.05, 0.1) is 11.1 Å². The minimum atomic E-state index is -0.996. The number of hydrogen-bond donors (Lipinski definition) is 3. The third-order valence-corrected chi connectivity index (χ3v) is 5.69. The highest BCUT2D eigenvalue weighted by Crippen LogP contribution is 2.26. The van der Waals surface area contributed by atoms with E-state index >= 15 is 0 Å². The van der Waals surface area contributed by atoms with Crippen LogP contribution in [-0.2, 0) is 0 Å². The van der Waals surface area contributed by atoms with Gasteiger partial charge >= 0.3 is 6.09 Å². The lowest BCUT2D eigenvalue weighted by Crippen LogP contribution is -2.53. The van der Waals surface area contributed by atoms with Crippen LogP contribution in [0.3, 0.4) is 0 Å². The number of nitrogens with zero attached hydrogens (tertiary/aromatic N) is 3. The first-order valence-electron chi connectivity index (χ1n) is 10.6. The van der Waals surface area contributed by atoms with E-state index in [0.717, 1.165) is 10.9 Å². The van der Waals surface area contributed by atoms with Crippen molar-refractivity contribution >= 4 is 22.9 Å². The fourth-order valence-electron chi connectivity index (χ4n) is 4.10. The summed E-state index contributed by atoms with van der Waals surface area (Å²) >= 11 is 0. The average Bonchev–Trinajstić information content (AvgIpc) is 3.06. The monoisotopic (exact) mass is 416 g/mol. The largest absolute Gasteiger partial charge is 0.465 e. The van der Waals surface area contributed by atoms with Crippen molar-refractivity contribution in [1.82, 2.24) is 20.0 Å². The lowest BCUT2D eigenvalue weighted by molar-refractivity contribution is 0.0448. The molecule has 30 heavy (non-hydrogen) atoms. The standard InChI is InChI=1S/C22H32N4O4/c1-14(2)26-18-8-6-5-7-17(18)19(24-26)20(27)23-15-9-10-16(11-12-22(3,4)30)25(13-15)21(28)29/h5-8,14-16,30H,9-13H2,1-4H3,(H,23,27)(H,28,29)/t15-,16-/m0/s1. The Morgan fingerprint density at radius 2 is 1.97 bits per heavy atom. The maximum atomic E-state index is 13.0. The van der Waals surface area contributed by atoms with Crippen LogP contribution in [-0.4, -0.2) is 61.1 Å². The van der Waals surface area contributed by atoms with Crippen molar-refractivity contribution in [2.45, 2.75) is 77.1 Å². The molecule has 0 bridgehead atoms. The predicted octanol–water partition coefficient (Wildman–Crippen LogP) is 3.41. The van der Waals surface area contributed by atoms with Gasteiger partial charge in [0.25, 0.3) is 5.91 Å². The molecule has 2 aromatic rings. The number of carbonyl (C=O) groups excluding carboxylic acids is 1. The number of hydrogen-bond acceptors (Lipinski definition) is 4. The Morgan fingerprint density at radius 1 is 1.27 bits per heavy atom. The summed E-state index contributed by atoms with van der Waals surface area (Å²) in [6.07, 6.45) is 1.46. The first kappa shape index (κ1) is 22.1. The van der Waals surface area contributed by atoms with Crippen LogP contribution >= 0.6 is 0 Å². The maximum Gasteiger partial charge on any atom is 0.407 e.